The van der Waals surface area contributed by atoms with Crippen LogP contribution in [-0.2, 0) is 19.9 Å². The van der Waals surface area contributed by atoms with E-state index in [0.29, 0.717) is 0 Å². The highest BCUT2D eigenvalue weighted by atomic mass is 16.6. The van der Waals surface area contributed by atoms with Gasteiger partial charge < -0.3 is 14.7 Å². The number of ether oxygens (including phenoxy) is 1. The Kier molecular flexibility index (Phi) is 8.22. The molecule has 2 unspecified atom stereocenters. The highest BCUT2D eigenvalue weighted by Crippen LogP contribution is 2.40. The van der Waals surface area contributed by atoms with Crippen LogP contribution in [0.4, 0.5) is 0 Å². The highest BCUT2D eigenvalue weighted by Gasteiger charge is 2.59. The lowest BCUT2D eigenvalue weighted by Crippen LogP contribution is -2.77. The number of carbonyl (C=O) groups is 2. The molecule has 1 amide bonds. The Labute approximate surface area is 239 Å². The molecular weight excluding hydrogens is 518 g/mol. The monoisotopic (exact) mass is 551 g/mol. The molecule has 9 heteroatoms. The number of aliphatic hydroxyl groups is 1. The number of esters is 1. The molecule has 0 aromatic heterocycles. The highest BCUT2D eigenvalue weighted by molar-refractivity contribution is 5.95. The van der Waals surface area contributed by atoms with Gasteiger partial charge in [0, 0.05) is 4.91 Å². The third kappa shape index (κ3) is 5.67. The Balaban J connectivity index is 1.86. The quantitative estimate of drug-likeness (QED) is 0.0769. The van der Waals surface area contributed by atoms with Crippen molar-refractivity contribution in [1.29, 1.82) is 0 Å². The van der Waals surface area contributed by atoms with Gasteiger partial charge in [-0.15, -0.1) is 6.42 Å². The van der Waals surface area contributed by atoms with Gasteiger partial charge in [0.15, 0.2) is 11.6 Å². The van der Waals surface area contributed by atoms with Gasteiger partial charge in [-0.25, -0.2) is 4.79 Å². The molecule has 1 fully saturated rings. The summed E-state index contributed by atoms with van der Waals surface area (Å²) in [5.74, 6) is 0.693. The number of amides is 1. The SMILES string of the molecule is C#CC(C)(O)C(C(=O)OC(C)(C)C)N1C(=O)[C@@H](NC(c2ccccc2)(c2ccccc2)c2ccccc2)[C@H]1N=[N+]=[N-]. The van der Waals surface area contributed by atoms with Crippen molar-refractivity contribution in [3.8, 4) is 12.3 Å². The van der Waals surface area contributed by atoms with E-state index < -0.39 is 46.9 Å². The number of azide groups is 1. The first-order valence-corrected chi connectivity index (χ1v) is 13.2. The van der Waals surface area contributed by atoms with Gasteiger partial charge in [0.2, 0.25) is 5.91 Å². The molecule has 1 aliphatic rings. The molecule has 2 N–H and O–H groups in total. The average Bonchev–Trinajstić information content (AvgIpc) is 2.96. The van der Waals surface area contributed by atoms with Crippen molar-refractivity contribution in [3.05, 3.63) is 118 Å². The summed E-state index contributed by atoms with van der Waals surface area (Å²) in [6.07, 6.45) is 4.38. The fraction of sp³-hybridized carbons (Fsp3) is 0.312. The summed E-state index contributed by atoms with van der Waals surface area (Å²) >= 11 is 0. The van der Waals surface area contributed by atoms with Gasteiger partial charge in [-0.05, 0) is 49.9 Å². The standard InChI is InChI=1S/C32H33N5O4/c1-6-31(5,40)26(29(39)41-30(2,3)4)37-27(35-36-33)25(28(37)38)34-32(22-16-10-7-11-17-22,23-18-12-8-13-19-23)24-20-14-9-15-21-24/h1,7-21,25-27,34,40H,2-5H3/t25-,26?,27-,31?/m0/s1. The molecule has 41 heavy (non-hydrogen) atoms. The number of carbonyl (C=O) groups excluding carboxylic acids is 2. The van der Waals surface area contributed by atoms with E-state index in [4.69, 9.17) is 11.2 Å². The third-order valence-electron chi connectivity index (χ3n) is 7.00. The topological polar surface area (TPSA) is 128 Å². The van der Waals surface area contributed by atoms with E-state index >= 15 is 0 Å². The van der Waals surface area contributed by atoms with E-state index in [1.165, 1.54) is 6.92 Å². The van der Waals surface area contributed by atoms with Crippen molar-refractivity contribution in [2.75, 3.05) is 0 Å². The van der Waals surface area contributed by atoms with E-state index in [2.05, 4.69) is 21.3 Å². The number of hydrogen-bond acceptors (Lipinski definition) is 6. The van der Waals surface area contributed by atoms with Crippen molar-refractivity contribution in [1.82, 2.24) is 10.2 Å². The van der Waals surface area contributed by atoms with Crippen LogP contribution >= 0.6 is 0 Å². The number of nitrogens with one attached hydrogen (secondary N) is 1. The summed E-state index contributed by atoms with van der Waals surface area (Å²) in [5.41, 5.74) is 7.92. The zero-order valence-corrected chi connectivity index (χ0v) is 23.4. The summed E-state index contributed by atoms with van der Waals surface area (Å²) in [6, 6.07) is 26.1. The Morgan fingerprint density at radius 1 is 0.976 bits per heavy atom. The maximum Gasteiger partial charge on any atom is 0.333 e. The molecule has 0 spiro atoms. The van der Waals surface area contributed by atoms with Crippen LogP contribution in [0.5, 0.6) is 0 Å². The number of terminal acetylenes is 1. The fourth-order valence-electron chi connectivity index (χ4n) is 5.19. The summed E-state index contributed by atoms with van der Waals surface area (Å²) in [4.78, 5) is 31.3. The maximum atomic E-state index is 14.0. The van der Waals surface area contributed by atoms with E-state index in [1.54, 1.807) is 20.8 Å². The Morgan fingerprint density at radius 3 is 1.78 bits per heavy atom. The van der Waals surface area contributed by atoms with E-state index in [0.717, 1.165) is 21.6 Å². The van der Waals surface area contributed by atoms with Crippen LogP contribution in [-0.4, -0.2) is 51.3 Å². The maximum absolute atomic E-state index is 14.0. The predicted molar refractivity (Wildman–Crippen MR) is 155 cm³/mol. The van der Waals surface area contributed by atoms with Crippen molar-refractivity contribution in [2.24, 2.45) is 5.11 Å². The minimum atomic E-state index is -2.11. The molecule has 1 saturated heterocycles. The molecule has 0 saturated carbocycles. The molecular formula is C32H33N5O4. The number of likely N-dealkylation sites (tertiary alicyclic amines) is 1. The van der Waals surface area contributed by atoms with Gasteiger partial charge in [0.05, 0.1) is 5.54 Å². The summed E-state index contributed by atoms with van der Waals surface area (Å²) in [7, 11) is 0. The molecule has 3 aromatic carbocycles. The molecule has 3 aromatic rings. The van der Waals surface area contributed by atoms with E-state index in [9.17, 15) is 20.2 Å². The van der Waals surface area contributed by atoms with Gasteiger partial charge >= 0.3 is 5.97 Å². The second kappa shape index (κ2) is 11.5. The molecule has 1 heterocycles. The largest absolute Gasteiger partial charge is 0.458 e. The van der Waals surface area contributed by atoms with Crippen molar-refractivity contribution in [2.45, 2.75) is 62.7 Å². The number of benzene rings is 3. The first-order valence-electron chi connectivity index (χ1n) is 13.2. The summed E-state index contributed by atoms with van der Waals surface area (Å²) < 4.78 is 5.52. The Bertz CT molecular complexity index is 1380. The van der Waals surface area contributed by atoms with Crippen LogP contribution in [0.2, 0.25) is 0 Å². The summed E-state index contributed by atoms with van der Waals surface area (Å²) in [5, 5.41) is 18.4. The Hall–Kier alpha value is -4.61. The minimum Gasteiger partial charge on any atom is -0.458 e. The first kappa shape index (κ1) is 29.4. The summed E-state index contributed by atoms with van der Waals surface area (Å²) in [6.45, 7) is 6.22. The van der Waals surface area contributed by atoms with Crippen LogP contribution in [0, 0.1) is 12.3 Å². The molecule has 1 aliphatic heterocycles. The molecule has 0 aliphatic carbocycles. The molecule has 210 valence electrons. The van der Waals surface area contributed by atoms with Gasteiger partial charge in [0.1, 0.15) is 17.8 Å². The lowest BCUT2D eigenvalue weighted by Gasteiger charge is -2.53. The predicted octanol–water partition coefficient (Wildman–Crippen LogP) is 4.51. The minimum absolute atomic E-state index is 0.582. The molecule has 0 bridgehead atoms. The molecule has 4 rings (SSSR count). The van der Waals surface area contributed by atoms with Crippen LogP contribution in [0.1, 0.15) is 44.4 Å². The van der Waals surface area contributed by atoms with Crippen molar-refractivity contribution < 1.29 is 19.4 Å². The average molecular weight is 552 g/mol. The second-order valence-corrected chi connectivity index (χ2v) is 11.1. The zero-order chi connectivity index (χ0) is 29.8. The molecule has 9 nitrogen and oxygen atoms in total. The smallest absolute Gasteiger partial charge is 0.333 e. The lowest BCUT2D eigenvalue weighted by atomic mass is 9.75. The zero-order valence-electron chi connectivity index (χ0n) is 23.4. The normalized spacial score (nSPS) is 19.1. The van der Waals surface area contributed by atoms with Crippen molar-refractivity contribution in [3.63, 3.8) is 0 Å². The van der Waals surface area contributed by atoms with Crippen LogP contribution in [0.15, 0.2) is 96.1 Å². The van der Waals surface area contributed by atoms with Crippen LogP contribution in [0.3, 0.4) is 0 Å². The Morgan fingerprint density at radius 2 is 1.41 bits per heavy atom. The second-order valence-electron chi connectivity index (χ2n) is 11.1. The number of hydrogen-bond donors (Lipinski definition) is 2. The van der Waals surface area contributed by atoms with Gasteiger partial charge in [-0.2, -0.15) is 0 Å². The van der Waals surface area contributed by atoms with E-state index in [-0.39, 0.29) is 0 Å². The number of β-lactam (4-membered cyclic amide) rings is 1. The lowest BCUT2D eigenvalue weighted by molar-refractivity contribution is -0.185. The third-order valence-corrected chi connectivity index (χ3v) is 7.00. The fourth-order valence-corrected chi connectivity index (χ4v) is 5.19. The van der Waals surface area contributed by atoms with Crippen LogP contribution in [0.25, 0.3) is 10.4 Å². The number of rotatable bonds is 9. The van der Waals surface area contributed by atoms with Gasteiger partial charge in [-0.1, -0.05) is 102 Å². The molecule has 0 radical (unpaired) electrons. The molecule has 4 atom stereocenters. The van der Waals surface area contributed by atoms with E-state index in [1.807, 2.05) is 91.0 Å². The van der Waals surface area contributed by atoms with Gasteiger partial charge in [-0.3, -0.25) is 10.1 Å². The van der Waals surface area contributed by atoms with Crippen LogP contribution < -0.4 is 5.32 Å². The number of nitrogens with zero attached hydrogens (tertiary/aromatic N) is 4. The van der Waals surface area contributed by atoms with Gasteiger partial charge in [0.25, 0.3) is 0 Å². The van der Waals surface area contributed by atoms with Crippen molar-refractivity contribution >= 4 is 11.9 Å². The first-order chi connectivity index (χ1) is 19.5.